The van der Waals surface area contributed by atoms with Crippen molar-refractivity contribution in [3.63, 3.8) is 0 Å². The van der Waals surface area contributed by atoms with Gasteiger partial charge in [-0.2, -0.15) is 0 Å². The van der Waals surface area contributed by atoms with E-state index in [2.05, 4.69) is 5.32 Å². The van der Waals surface area contributed by atoms with Gasteiger partial charge < -0.3 is 33.7 Å². The van der Waals surface area contributed by atoms with Crippen LogP contribution in [-0.2, 0) is 9.59 Å². The fourth-order valence-electron chi connectivity index (χ4n) is 5.97. The summed E-state index contributed by atoms with van der Waals surface area (Å²) in [6.07, 6.45) is 0.207. The number of nitrogens with one attached hydrogen (secondary N) is 1. The molecule has 10 nitrogen and oxygen atoms in total. The Balaban J connectivity index is 1.49. The van der Waals surface area contributed by atoms with Crippen molar-refractivity contribution in [2.45, 2.75) is 31.3 Å². The number of hydrogen-bond acceptors (Lipinski definition) is 9. The van der Waals surface area contributed by atoms with Crippen molar-refractivity contribution in [1.82, 2.24) is 5.32 Å². The third kappa shape index (κ3) is 3.50. The largest absolute Gasteiger partial charge is 0.496 e. The Kier molecular flexibility index (Phi) is 5.91. The zero-order valence-electron chi connectivity index (χ0n) is 21.8. The van der Waals surface area contributed by atoms with Gasteiger partial charge in [-0.25, -0.2) is 0 Å². The van der Waals surface area contributed by atoms with Crippen molar-refractivity contribution in [2.75, 3.05) is 34.5 Å². The Hall–Kier alpha value is -3.92. The molecule has 0 aromatic heterocycles. The molecule has 0 fully saturated rings. The van der Waals surface area contributed by atoms with Crippen LogP contribution >= 0.6 is 11.6 Å². The van der Waals surface area contributed by atoms with Crippen molar-refractivity contribution in [2.24, 2.45) is 5.92 Å². The lowest BCUT2D eigenvalue weighted by Gasteiger charge is -2.41. The Labute approximate surface area is 229 Å². The summed E-state index contributed by atoms with van der Waals surface area (Å²) in [5.74, 6) is -0.789. The van der Waals surface area contributed by atoms with Gasteiger partial charge in [0.2, 0.25) is 28.8 Å². The van der Waals surface area contributed by atoms with E-state index in [0.717, 1.165) is 0 Å². The molecule has 0 saturated heterocycles. The lowest BCUT2D eigenvalue weighted by molar-refractivity contribution is -0.131. The first-order valence-corrected chi connectivity index (χ1v) is 12.9. The molecule has 3 heterocycles. The number of Topliss-reactive ketones (excluding diaryl/α,β-unsaturated/α-hetero) is 2. The van der Waals surface area contributed by atoms with Gasteiger partial charge in [-0.05, 0) is 24.1 Å². The smallest absolute Gasteiger partial charge is 0.236 e. The van der Waals surface area contributed by atoms with E-state index in [1.165, 1.54) is 27.4 Å². The van der Waals surface area contributed by atoms with Gasteiger partial charge in [0.05, 0.1) is 21.3 Å². The summed E-state index contributed by atoms with van der Waals surface area (Å²) in [6, 6.07) is 4.98. The second kappa shape index (κ2) is 9.08. The summed E-state index contributed by atoms with van der Waals surface area (Å²) in [6.45, 7) is 2.47. The van der Waals surface area contributed by atoms with Gasteiger partial charge in [-0.3, -0.25) is 14.4 Å². The number of fused-ring (bicyclic) bond motifs is 2. The SMILES string of the molecule is COc1cc(OC)c2c(c1Cl)O[C@@]1(C(=O)C3=C(C[C@H]1C)NC(=O)CC3c1cc(OC)c3c(c1)OCCO3)C2=O. The van der Waals surface area contributed by atoms with Gasteiger partial charge in [0.15, 0.2) is 17.2 Å². The molecule has 3 aliphatic heterocycles. The van der Waals surface area contributed by atoms with Crippen molar-refractivity contribution >= 4 is 29.1 Å². The van der Waals surface area contributed by atoms with E-state index in [0.29, 0.717) is 47.3 Å². The minimum absolute atomic E-state index is 0.0170. The minimum Gasteiger partial charge on any atom is -0.496 e. The number of halogens is 1. The van der Waals surface area contributed by atoms with Crippen molar-refractivity contribution < 1.29 is 42.8 Å². The Morgan fingerprint density at radius 1 is 0.897 bits per heavy atom. The third-order valence-corrected chi connectivity index (χ3v) is 8.17. The summed E-state index contributed by atoms with van der Waals surface area (Å²) in [7, 11) is 4.35. The van der Waals surface area contributed by atoms with Crippen LogP contribution in [0.3, 0.4) is 0 Å². The van der Waals surface area contributed by atoms with Gasteiger partial charge in [0, 0.05) is 35.6 Å². The van der Waals surface area contributed by atoms with Crippen LogP contribution in [0.4, 0.5) is 0 Å². The summed E-state index contributed by atoms with van der Waals surface area (Å²) in [5.41, 5.74) is -0.407. The van der Waals surface area contributed by atoms with Crippen molar-refractivity contribution in [3.05, 3.63) is 45.6 Å². The van der Waals surface area contributed by atoms with Crippen LogP contribution in [0.15, 0.2) is 29.5 Å². The molecule has 0 bridgehead atoms. The van der Waals surface area contributed by atoms with Crippen LogP contribution in [0, 0.1) is 5.92 Å². The number of rotatable bonds is 4. The van der Waals surface area contributed by atoms with Crippen LogP contribution in [0.25, 0.3) is 0 Å². The number of ether oxygens (including phenoxy) is 6. The fraction of sp³-hybridized carbons (Fsp3) is 0.393. The average molecular weight is 556 g/mol. The number of benzene rings is 2. The molecule has 6 rings (SSSR count). The first-order valence-electron chi connectivity index (χ1n) is 12.5. The second-order valence-electron chi connectivity index (χ2n) is 9.84. The highest BCUT2D eigenvalue weighted by Crippen LogP contribution is 2.56. The maximum atomic E-state index is 14.5. The highest BCUT2D eigenvalue weighted by molar-refractivity contribution is 6.36. The molecule has 11 heteroatoms. The molecule has 1 spiro atoms. The third-order valence-electron chi connectivity index (χ3n) is 7.81. The van der Waals surface area contributed by atoms with Gasteiger partial charge in [-0.15, -0.1) is 0 Å². The highest BCUT2D eigenvalue weighted by Gasteiger charge is 2.63. The summed E-state index contributed by atoms with van der Waals surface area (Å²) < 4.78 is 34.1. The highest BCUT2D eigenvalue weighted by atomic mass is 35.5. The molecule has 204 valence electrons. The van der Waals surface area contributed by atoms with Crippen molar-refractivity contribution in [1.29, 1.82) is 0 Å². The lowest BCUT2D eigenvalue weighted by atomic mass is 9.66. The Morgan fingerprint density at radius 3 is 2.33 bits per heavy atom. The zero-order chi connectivity index (χ0) is 27.6. The monoisotopic (exact) mass is 555 g/mol. The Morgan fingerprint density at radius 2 is 1.62 bits per heavy atom. The number of allylic oxidation sites excluding steroid dienone is 1. The molecule has 0 saturated carbocycles. The van der Waals surface area contributed by atoms with Crippen LogP contribution in [0.5, 0.6) is 34.5 Å². The fourth-order valence-corrected chi connectivity index (χ4v) is 6.23. The predicted octanol–water partition coefficient (Wildman–Crippen LogP) is 3.62. The number of carbonyl (C=O) groups is 3. The van der Waals surface area contributed by atoms with Gasteiger partial charge >= 0.3 is 0 Å². The molecule has 1 N–H and O–H groups in total. The van der Waals surface area contributed by atoms with Crippen LogP contribution in [0.2, 0.25) is 5.02 Å². The van der Waals surface area contributed by atoms with Gasteiger partial charge in [0.25, 0.3) is 0 Å². The normalized spacial score (nSPS) is 25.1. The maximum absolute atomic E-state index is 14.5. The molecule has 2 aromatic carbocycles. The molecule has 4 aliphatic rings. The van der Waals surface area contributed by atoms with Crippen molar-refractivity contribution in [3.8, 4) is 34.5 Å². The van der Waals surface area contributed by atoms with E-state index < -0.39 is 29.0 Å². The topological polar surface area (TPSA) is 119 Å². The summed E-state index contributed by atoms with van der Waals surface area (Å²) >= 11 is 6.55. The standard InChI is InChI=1S/C28H26ClNO9/c1-12-7-15-21(14(10-20(31)30-15)13-8-18(36-4)24-19(9-13)37-5-6-38-24)26(32)28(12)27(33)22-16(34-2)11-17(35-3)23(29)25(22)39-28/h8-9,11-12,14H,5-7,10H2,1-4H3,(H,30,31)/t12-,14?,28+/m1/s1. The molecule has 1 amide bonds. The molecular weight excluding hydrogens is 530 g/mol. The quantitative estimate of drug-likeness (QED) is 0.564. The molecule has 2 aromatic rings. The lowest BCUT2D eigenvalue weighted by Crippen LogP contribution is -2.59. The number of amides is 1. The van der Waals surface area contributed by atoms with Crippen LogP contribution < -0.4 is 33.7 Å². The number of hydrogen-bond donors (Lipinski definition) is 1. The van der Waals surface area contributed by atoms with E-state index in [1.54, 1.807) is 19.1 Å². The maximum Gasteiger partial charge on any atom is 0.236 e. The minimum atomic E-state index is -1.89. The van der Waals surface area contributed by atoms with E-state index >= 15 is 0 Å². The van der Waals surface area contributed by atoms with E-state index in [9.17, 15) is 14.4 Å². The number of methoxy groups -OCH3 is 3. The molecule has 0 radical (unpaired) electrons. The Bertz CT molecular complexity index is 1460. The average Bonchev–Trinajstić information content (AvgIpc) is 3.25. The second-order valence-corrected chi connectivity index (χ2v) is 10.2. The molecule has 39 heavy (non-hydrogen) atoms. The van der Waals surface area contributed by atoms with E-state index in [-0.39, 0.29) is 46.6 Å². The van der Waals surface area contributed by atoms with Gasteiger partial charge in [-0.1, -0.05) is 18.5 Å². The van der Waals surface area contributed by atoms with E-state index in [1.807, 2.05) is 0 Å². The summed E-state index contributed by atoms with van der Waals surface area (Å²) in [4.78, 5) is 41.4. The zero-order valence-corrected chi connectivity index (χ0v) is 22.5. The predicted molar refractivity (Wildman–Crippen MR) is 138 cm³/mol. The van der Waals surface area contributed by atoms with Crippen LogP contribution in [0.1, 0.15) is 41.6 Å². The first-order chi connectivity index (χ1) is 18.7. The van der Waals surface area contributed by atoms with E-state index in [4.69, 9.17) is 40.0 Å². The molecular formula is C28H26ClNO9. The summed E-state index contributed by atoms with van der Waals surface area (Å²) in [5, 5.41) is 2.93. The number of carbonyl (C=O) groups excluding carboxylic acids is 3. The van der Waals surface area contributed by atoms with Gasteiger partial charge in [0.1, 0.15) is 35.3 Å². The van der Waals surface area contributed by atoms with Crippen LogP contribution in [-0.4, -0.2) is 57.6 Å². The molecule has 1 aliphatic carbocycles. The molecule has 1 unspecified atom stereocenters. The molecule has 3 atom stereocenters. The number of ketones is 2. The first kappa shape index (κ1) is 25.4.